The van der Waals surface area contributed by atoms with E-state index >= 15 is 0 Å². The van der Waals surface area contributed by atoms with Crippen LogP contribution in [0.3, 0.4) is 0 Å². The molecule has 2 aliphatic rings. The molecular formula is C23H27N3O3. The maximum atomic E-state index is 13.1. The minimum absolute atomic E-state index is 0.0168. The van der Waals surface area contributed by atoms with E-state index in [2.05, 4.69) is 17.0 Å². The van der Waals surface area contributed by atoms with Gasteiger partial charge in [-0.2, -0.15) is 0 Å². The van der Waals surface area contributed by atoms with Crippen LogP contribution in [0.4, 0.5) is 11.4 Å². The molecule has 152 valence electrons. The van der Waals surface area contributed by atoms with Crippen LogP contribution in [0.2, 0.25) is 0 Å². The monoisotopic (exact) mass is 393 g/mol. The van der Waals surface area contributed by atoms with Gasteiger partial charge in [0.05, 0.1) is 11.4 Å². The predicted octanol–water partition coefficient (Wildman–Crippen LogP) is 2.41. The largest absolute Gasteiger partial charge is 0.383 e. The number of para-hydroxylation sites is 2. The van der Waals surface area contributed by atoms with Crippen molar-refractivity contribution in [3.05, 3.63) is 60.2 Å². The van der Waals surface area contributed by atoms with Gasteiger partial charge in [0.25, 0.3) is 5.91 Å². The Morgan fingerprint density at radius 3 is 2.41 bits per heavy atom. The van der Waals surface area contributed by atoms with Gasteiger partial charge < -0.3 is 19.8 Å². The zero-order valence-electron chi connectivity index (χ0n) is 16.5. The van der Waals surface area contributed by atoms with Crippen LogP contribution >= 0.6 is 0 Å². The second-order valence-corrected chi connectivity index (χ2v) is 7.71. The van der Waals surface area contributed by atoms with Gasteiger partial charge in [-0.05, 0) is 37.0 Å². The molecule has 6 nitrogen and oxygen atoms in total. The minimum atomic E-state index is -0.986. The van der Waals surface area contributed by atoms with Crippen LogP contribution in [0.1, 0.15) is 24.8 Å². The zero-order valence-corrected chi connectivity index (χ0v) is 16.5. The van der Waals surface area contributed by atoms with Crippen molar-refractivity contribution >= 4 is 23.2 Å². The summed E-state index contributed by atoms with van der Waals surface area (Å²) in [6.07, 6.45) is 1.11. The van der Waals surface area contributed by atoms with Gasteiger partial charge in [-0.1, -0.05) is 42.5 Å². The highest BCUT2D eigenvalue weighted by Gasteiger charge is 2.31. The molecule has 1 fully saturated rings. The number of carbonyl (C=O) groups excluding carboxylic acids is 2. The van der Waals surface area contributed by atoms with Crippen molar-refractivity contribution in [2.75, 3.05) is 36.0 Å². The molecule has 2 aliphatic heterocycles. The van der Waals surface area contributed by atoms with E-state index in [1.54, 1.807) is 4.90 Å². The van der Waals surface area contributed by atoms with Gasteiger partial charge in [0, 0.05) is 26.2 Å². The van der Waals surface area contributed by atoms with Gasteiger partial charge in [0.2, 0.25) is 5.91 Å². The fraction of sp³-hybridized carbons (Fsp3) is 0.391. The fourth-order valence-corrected chi connectivity index (χ4v) is 4.14. The number of fused-ring (bicyclic) bond motifs is 1. The Labute approximate surface area is 171 Å². The van der Waals surface area contributed by atoms with Crippen molar-refractivity contribution in [2.24, 2.45) is 0 Å². The van der Waals surface area contributed by atoms with Gasteiger partial charge in [-0.25, -0.2) is 0 Å². The zero-order chi connectivity index (χ0) is 20.2. The standard InChI is InChI=1S/C23H27N3O3/c27-21-12-6-7-13-25(23(21)29)17-22(28)26-15-14-24(16-18-8-2-1-3-9-18)19-10-4-5-11-20(19)26/h1-5,8-11,21,27H,6-7,12-17H2. The van der Waals surface area contributed by atoms with Crippen LogP contribution in [0, 0.1) is 0 Å². The van der Waals surface area contributed by atoms with E-state index in [0.29, 0.717) is 19.5 Å². The maximum absolute atomic E-state index is 13.1. The molecule has 1 atom stereocenters. The lowest BCUT2D eigenvalue weighted by Crippen LogP contribution is -2.49. The molecule has 1 unspecified atom stereocenters. The molecular weight excluding hydrogens is 366 g/mol. The number of aliphatic hydroxyl groups is 1. The topological polar surface area (TPSA) is 64.1 Å². The molecule has 2 heterocycles. The second kappa shape index (κ2) is 8.66. The van der Waals surface area contributed by atoms with Crippen molar-refractivity contribution < 1.29 is 14.7 Å². The summed E-state index contributed by atoms with van der Waals surface area (Å²) in [5.41, 5.74) is 3.13. The summed E-state index contributed by atoms with van der Waals surface area (Å²) < 4.78 is 0. The number of nitrogens with zero attached hydrogens (tertiary/aromatic N) is 3. The average molecular weight is 393 g/mol. The van der Waals surface area contributed by atoms with Crippen molar-refractivity contribution in [3.63, 3.8) is 0 Å². The van der Waals surface area contributed by atoms with E-state index in [-0.39, 0.29) is 18.4 Å². The number of anilines is 2. The number of rotatable bonds is 4. The van der Waals surface area contributed by atoms with E-state index in [1.165, 1.54) is 10.5 Å². The Balaban J connectivity index is 1.51. The Kier molecular flexibility index (Phi) is 5.81. The third-order valence-corrected chi connectivity index (χ3v) is 5.70. The van der Waals surface area contributed by atoms with E-state index in [1.807, 2.05) is 42.5 Å². The van der Waals surface area contributed by atoms with Gasteiger partial charge in [-0.3, -0.25) is 9.59 Å². The molecule has 1 N–H and O–H groups in total. The molecule has 29 heavy (non-hydrogen) atoms. The first kappa shape index (κ1) is 19.5. The molecule has 6 heteroatoms. The molecule has 2 amide bonds. The summed E-state index contributed by atoms with van der Waals surface area (Å²) in [7, 11) is 0. The Morgan fingerprint density at radius 2 is 1.62 bits per heavy atom. The molecule has 0 spiro atoms. The number of amides is 2. The second-order valence-electron chi connectivity index (χ2n) is 7.71. The minimum Gasteiger partial charge on any atom is -0.383 e. The third kappa shape index (κ3) is 4.27. The molecule has 2 aromatic carbocycles. The van der Waals surface area contributed by atoms with Gasteiger partial charge in [0.15, 0.2) is 0 Å². The lowest BCUT2D eigenvalue weighted by molar-refractivity contribution is -0.142. The number of benzene rings is 2. The molecule has 0 aliphatic carbocycles. The highest BCUT2D eigenvalue weighted by Crippen LogP contribution is 2.34. The van der Waals surface area contributed by atoms with Gasteiger partial charge in [-0.15, -0.1) is 0 Å². The van der Waals surface area contributed by atoms with Crippen LogP contribution in [-0.2, 0) is 16.1 Å². The quantitative estimate of drug-likeness (QED) is 0.867. The number of carbonyl (C=O) groups is 2. The Bertz CT molecular complexity index is 871. The lowest BCUT2D eigenvalue weighted by Gasteiger charge is -2.38. The summed E-state index contributed by atoms with van der Waals surface area (Å²) in [5, 5.41) is 9.96. The van der Waals surface area contributed by atoms with Crippen LogP contribution in [-0.4, -0.2) is 54.1 Å². The Hall–Kier alpha value is -2.86. The number of hydrogen-bond donors (Lipinski definition) is 1. The van der Waals surface area contributed by atoms with Crippen molar-refractivity contribution in [2.45, 2.75) is 31.9 Å². The van der Waals surface area contributed by atoms with E-state index in [4.69, 9.17) is 0 Å². The first-order valence-corrected chi connectivity index (χ1v) is 10.3. The average Bonchev–Trinajstić information content (AvgIpc) is 2.90. The SMILES string of the molecule is O=C1C(O)CCCCN1CC(=O)N1CCN(Cc2ccccc2)c2ccccc21. The summed E-state index contributed by atoms with van der Waals surface area (Å²) in [5.74, 6) is -0.425. The molecule has 0 bridgehead atoms. The summed E-state index contributed by atoms with van der Waals surface area (Å²) in [6, 6.07) is 18.2. The molecule has 1 saturated heterocycles. The number of hydrogen-bond acceptors (Lipinski definition) is 4. The predicted molar refractivity (Wildman–Crippen MR) is 113 cm³/mol. The van der Waals surface area contributed by atoms with Gasteiger partial charge >= 0.3 is 0 Å². The number of likely N-dealkylation sites (tertiary alicyclic amines) is 1. The normalized spacial score (nSPS) is 19.7. The van der Waals surface area contributed by atoms with Crippen molar-refractivity contribution in [1.82, 2.24) is 4.90 Å². The lowest BCUT2D eigenvalue weighted by atomic mass is 10.1. The van der Waals surface area contributed by atoms with Crippen LogP contribution in [0.25, 0.3) is 0 Å². The first-order chi connectivity index (χ1) is 14.1. The molecule has 4 rings (SSSR count). The summed E-state index contributed by atoms with van der Waals surface area (Å²) >= 11 is 0. The van der Waals surface area contributed by atoms with Gasteiger partial charge in [0.1, 0.15) is 12.6 Å². The fourth-order valence-electron chi connectivity index (χ4n) is 4.14. The molecule has 0 radical (unpaired) electrons. The highest BCUT2D eigenvalue weighted by atomic mass is 16.3. The van der Waals surface area contributed by atoms with E-state index in [0.717, 1.165) is 37.3 Å². The Morgan fingerprint density at radius 1 is 0.897 bits per heavy atom. The summed E-state index contributed by atoms with van der Waals surface area (Å²) in [4.78, 5) is 31.0. The smallest absolute Gasteiger partial charge is 0.251 e. The molecule has 0 aromatic heterocycles. The van der Waals surface area contributed by atoms with Crippen molar-refractivity contribution in [1.29, 1.82) is 0 Å². The summed E-state index contributed by atoms with van der Waals surface area (Å²) in [6.45, 7) is 2.64. The molecule has 2 aromatic rings. The van der Waals surface area contributed by atoms with Crippen molar-refractivity contribution in [3.8, 4) is 0 Å². The van der Waals surface area contributed by atoms with Crippen LogP contribution in [0.5, 0.6) is 0 Å². The van der Waals surface area contributed by atoms with Crippen LogP contribution < -0.4 is 9.80 Å². The molecule has 0 saturated carbocycles. The maximum Gasteiger partial charge on any atom is 0.251 e. The van der Waals surface area contributed by atoms with Crippen LogP contribution in [0.15, 0.2) is 54.6 Å². The number of aliphatic hydroxyl groups excluding tert-OH is 1. The highest BCUT2D eigenvalue weighted by molar-refractivity contribution is 6.00. The van der Waals surface area contributed by atoms with E-state index < -0.39 is 6.10 Å². The first-order valence-electron chi connectivity index (χ1n) is 10.3. The third-order valence-electron chi connectivity index (χ3n) is 5.70. The van der Waals surface area contributed by atoms with E-state index in [9.17, 15) is 14.7 Å².